The summed E-state index contributed by atoms with van der Waals surface area (Å²) in [5.74, 6) is 0.641. The standard InChI is InChI=1S/C21H24N2O2S/c1-22(2)21(25)19-11-16-13-23(10-9-18(16)26-19)20(24)12-15-8-7-14-5-3-4-6-17(14)15/h3-6,11,15H,7-10,12-13H2,1-2H3. The number of amides is 2. The summed E-state index contributed by atoms with van der Waals surface area (Å²) in [7, 11) is 3.55. The second-order valence-electron chi connectivity index (χ2n) is 7.46. The third-order valence-electron chi connectivity index (χ3n) is 5.51. The van der Waals surface area contributed by atoms with Crippen LogP contribution >= 0.6 is 11.3 Å². The van der Waals surface area contributed by atoms with Gasteiger partial charge in [0.15, 0.2) is 0 Å². The summed E-state index contributed by atoms with van der Waals surface area (Å²) in [6.07, 6.45) is 3.61. The van der Waals surface area contributed by atoms with Crippen LogP contribution in [0.5, 0.6) is 0 Å². The van der Waals surface area contributed by atoms with E-state index in [0.717, 1.165) is 36.2 Å². The fourth-order valence-corrected chi connectivity index (χ4v) is 5.25. The molecule has 5 heteroatoms. The van der Waals surface area contributed by atoms with Crippen molar-refractivity contribution in [2.24, 2.45) is 0 Å². The molecular weight excluding hydrogens is 344 g/mol. The van der Waals surface area contributed by atoms with Crippen molar-refractivity contribution in [3.8, 4) is 0 Å². The lowest BCUT2D eigenvalue weighted by Crippen LogP contribution is -2.35. The Morgan fingerprint density at radius 1 is 1.19 bits per heavy atom. The predicted octanol–water partition coefficient (Wildman–Crippen LogP) is 3.45. The zero-order chi connectivity index (χ0) is 18.3. The molecule has 4 rings (SSSR count). The van der Waals surface area contributed by atoms with Gasteiger partial charge >= 0.3 is 0 Å². The molecule has 1 unspecified atom stereocenters. The van der Waals surface area contributed by atoms with Crippen molar-refractivity contribution in [2.75, 3.05) is 20.6 Å². The Morgan fingerprint density at radius 2 is 2.00 bits per heavy atom. The van der Waals surface area contributed by atoms with Crippen LogP contribution < -0.4 is 0 Å². The number of benzene rings is 1. The lowest BCUT2D eigenvalue weighted by atomic mass is 9.96. The number of nitrogens with zero attached hydrogens (tertiary/aromatic N) is 2. The summed E-state index contributed by atoms with van der Waals surface area (Å²) in [6, 6.07) is 10.5. The zero-order valence-corrected chi connectivity index (χ0v) is 16.1. The van der Waals surface area contributed by atoms with E-state index in [1.165, 1.54) is 16.0 Å². The van der Waals surface area contributed by atoms with Gasteiger partial charge in [-0.05, 0) is 47.9 Å². The first-order valence-electron chi connectivity index (χ1n) is 9.21. The molecule has 1 aromatic carbocycles. The highest BCUT2D eigenvalue weighted by Gasteiger charge is 2.29. The number of hydrogen-bond donors (Lipinski definition) is 0. The first-order chi connectivity index (χ1) is 12.5. The number of hydrogen-bond acceptors (Lipinski definition) is 3. The monoisotopic (exact) mass is 368 g/mol. The highest BCUT2D eigenvalue weighted by Crippen LogP contribution is 2.36. The van der Waals surface area contributed by atoms with E-state index in [1.54, 1.807) is 30.3 Å². The van der Waals surface area contributed by atoms with Gasteiger partial charge in [0, 0.05) is 38.5 Å². The zero-order valence-electron chi connectivity index (χ0n) is 15.3. The summed E-state index contributed by atoms with van der Waals surface area (Å²) in [6.45, 7) is 1.40. The fourth-order valence-electron chi connectivity index (χ4n) is 4.07. The smallest absolute Gasteiger partial charge is 0.263 e. The molecule has 1 aromatic heterocycles. The Hall–Kier alpha value is -2.14. The van der Waals surface area contributed by atoms with Crippen molar-refractivity contribution in [3.63, 3.8) is 0 Å². The molecule has 4 nitrogen and oxygen atoms in total. The highest BCUT2D eigenvalue weighted by atomic mass is 32.1. The molecule has 2 heterocycles. The molecule has 0 N–H and O–H groups in total. The second-order valence-corrected chi connectivity index (χ2v) is 8.60. The molecule has 0 spiro atoms. The van der Waals surface area contributed by atoms with Crippen LogP contribution in [0.3, 0.4) is 0 Å². The summed E-state index contributed by atoms with van der Waals surface area (Å²) >= 11 is 1.58. The SMILES string of the molecule is CN(C)C(=O)c1cc2c(s1)CCN(C(=O)CC1CCc3ccccc31)C2. The van der Waals surface area contributed by atoms with Gasteiger partial charge in [0.2, 0.25) is 5.91 Å². The van der Waals surface area contributed by atoms with Gasteiger partial charge in [0.25, 0.3) is 5.91 Å². The Labute approximate surface area is 158 Å². The van der Waals surface area contributed by atoms with Gasteiger partial charge < -0.3 is 9.80 Å². The third kappa shape index (κ3) is 3.16. The van der Waals surface area contributed by atoms with Gasteiger partial charge in [-0.25, -0.2) is 0 Å². The normalized spacial score (nSPS) is 18.4. The maximum absolute atomic E-state index is 12.9. The molecule has 26 heavy (non-hydrogen) atoms. The van der Waals surface area contributed by atoms with Crippen LogP contribution in [0.25, 0.3) is 0 Å². The number of fused-ring (bicyclic) bond motifs is 2. The van der Waals surface area contributed by atoms with Crippen LogP contribution in [0.4, 0.5) is 0 Å². The molecule has 2 aliphatic rings. The van der Waals surface area contributed by atoms with E-state index in [2.05, 4.69) is 24.3 Å². The Balaban J connectivity index is 1.44. The van der Waals surface area contributed by atoms with Gasteiger partial charge in [-0.15, -0.1) is 11.3 Å². The van der Waals surface area contributed by atoms with Gasteiger partial charge in [0.1, 0.15) is 0 Å². The van der Waals surface area contributed by atoms with Crippen molar-refractivity contribution in [2.45, 2.75) is 38.1 Å². The molecule has 136 valence electrons. The fraction of sp³-hybridized carbons (Fsp3) is 0.429. The minimum atomic E-state index is 0.0461. The van der Waals surface area contributed by atoms with E-state index in [4.69, 9.17) is 0 Å². The Kier molecular flexibility index (Phi) is 4.57. The summed E-state index contributed by atoms with van der Waals surface area (Å²) in [4.78, 5) is 30.7. The van der Waals surface area contributed by atoms with Crippen LogP contribution in [-0.4, -0.2) is 42.3 Å². The minimum Gasteiger partial charge on any atom is -0.344 e. The van der Waals surface area contributed by atoms with Gasteiger partial charge in [0.05, 0.1) is 4.88 Å². The van der Waals surface area contributed by atoms with Crippen molar-refractivity contribution < 1.29 is 9.59 Å². The lowest BCUT2D eigenvalue weighted by molar-refractivity contribution is -0.132. The van der Waals surface area contributed by atoms with Crippen molar-refractivity contribution >= 4 is 23.2 Å². The largest absolute Gasteiger partial charge is 0.344 e. The minimum absolute atomic E-state index is 0.0461. The molecule has 0 radical (unpaired) electrons. The van der Waals surface area contributed by atoms with E-state index < -0.39 is 0 Å². The molecule has 0 bridgehead atoms. The average molecular weight is 369 g/mol. The summed E-state index contributed by atoms with van der Waals surface area (Å²) in [5, 5.41) is 0. The molecule has 1 aliphatic carbocycles. The van der Waals surface area contributed by atoms with E-state index in [-0.39, 0.29) is 11.8 Å². The Bertz CT molecular complexity index is 855. The molecule has 1 atom stereocenters. The van der Waals surface area contributed by atoms with Crippen molar-refractivity contribution in [1.82, 2.24) is 9.80 Å². The quantitative estimate of drug-likeness (QED) is 0.832. The molecular formula is C21H24N2O2S. The molecule has 2 aromatic rings. The number of thiophene rings is 1. The highest BCUT2D eigenvalue weighted by molar-refractivity contribution is 7.14. The van der Waals surface area contributed by atoms with E-state index in [0.29, 0.717) is 18.9 Å². The van der Waals surface area contributed by atoms with Gasteiger partial charge in [-0.2, -0.15) is 0 Å². The lowest BCUT2D eigenvalue weighted by Gasteiger charge is -2.28. The second kappa shape index (κ2) is 6.88. The number of aryl methyl sites for hydroxylation is 1. The summed E-state index contributed by atoms with van der Waals surface area (Å²) in [5.41, 5.74) is 3.90. The first kappa shape index (κ1) is 17.3. The molecule has 0 saturated carbocycles. The van der Waals surface area contributed by atoms with Crippen LogP contribution in [0, 0.1) is 0 Å². The predicted molar refractivity (Wildman–Crippen MR) is 104 cm³/mol. The van der Waals surface area contributed by atoms with Crippen molar-refractivity contribution in [3.05, 3.63) is 56.8 Å². The maximum Gasteiger partial charge on any atom is 0.263 e. The average Bonchev–Trinajstić information content (AvgIpc) is 3.24. The van der Waals surface area contributed by atoms with E-state index >= 15 is 0 Å². The van der Waals surface area contributed by atoms with Crippen LogP contribution in [0.15, 0.2) is 30.3 Å². The number of rotatable bonds is 3. The third-order valence-corrected chi connectivity index (χ3v) is 6.74. The van der Waals surface area contributed by atoms with Crippen LogP contribution in [0.1, 0.15) is 50.0 Å². The number of carbonyl (C=O) groups is 2. The first-order valence-corrected chi connectivity index (χ1v) is 10.0. The van der Waals surface area contributed by atoms with E-state index in [9.17, 15) is 9.59 Å². The van der Waals surface area contributed by atoms with Crippen LogP contribution in [-0.2, 0) is 24.2 Å². The number of carbonyl (C=O) groups excluding carboxylic acids is 2. The molecule has 0 saturated heterocycles. The van der Waals surface area contributed by atoms with E-state index in [1.807, 2.05) is 11.0 Å². The molecule has 2 amide bonds. The van der Waals surface area contributed by atoms with Crippen molar-refractivity contribution in [1.29, 1.82) is 0 Å². The van der Waals surface area contributed by atoms with Gasteiger partial charge in [-0.1, -0.05) is 24.3 Å². The molecule has 0 fully saturated rings. The van der Waals surface area contributed by atoms with Gasteiger partial charge in [-0.3, -0.25) is 9.59 Å². The topological polar surface area (TPSA) is 40.6 Å². The van der Waals surface area contributed by atoms with Crippen LogP contribution in [0.2, 0.25) is 0 Å². The maximum atomic E-state index is 12.9. The Morgan fingerprint density at radius 3 is 2.81 bits per heavy atom. The molecule has 1 aliphatic heterocycles. The summed E-state index contributed by atoms with van der Waals surface area (Å²) < 4.78 is 0.